The average molecular weight is 269 g/mol. The molecule has 1 rings (SSSR count). The molecule has 1 amide bonds. The maximum atomic E-state index is 12.1. The van der Waals surface area contributed by atoms with Crippen LogP contribution in [0.4, 0.5) is 0 Å². The van der Waals surface area contributed by atoms with Gasteiger partial charge in [0, 0.05) is 12.1 Å². The van der Waals surface area contributed by atoms with Gasteiger partial charge in [-0.15, -0.1) is 0 Å². The van der Waals surface area contributed by atoms with E-state index < -0.39 is 0 Å². The van der Waals surface area contributed by atoms with Gasteiger partial charge in [-0.25, -0.2) is 0 Å². The summed E-state index contributed by atoms with van der Waals surface area (Å²) in [5, 5.41) is 6.49. The molecule has 0 radical (unpaired) electrons. The van der Waals surface area contributed by atoms with E-state index in [0.717, 1.165) is 45.4 Å². The summed E-state index contributed by atoms with van der Waals surface area (Å²) >= 11 is 0. The second-order valence-electron chi connectivity index (χ2n) is 5.72. The van der Waals surface area contributed by atoms with Crippen LogP contribution in [0.25, 0.3) is 0 Å². The molecule has 2 N–H and O–H groups in total. The molecule has 0 aromatic rings. The Kier molecular flexibility index (Phi) is 7.39. The van der Waals surface area contributed by atoms with Crippen molar-refractivity contribution in [3.8, 4) is 0 Å². The second-order valence-corrected chi connectivity index (χ2v) is 5.72. The highest BCUT2D eigenvalue weighted by atomic mass is 16.2. The molecule has 0 aromatic heterocycles. The average Bonchev–Trinajstić information content (AvgIpc) is 2.81. The van der Waals surface area contributed by atoms with Crippen molar-refractivity contribution in [3.05, 3.63) is 0 Å². The highest BCUT2D eigenvalue weighted by Crippen LogP contribution is 2.15. The molecule has 1 saturated heterocycles. The van der Waals surface area contributed by atoms with E-state index in [2.05, 4.69) is 43.2 Å². The first kappa shape index (κ1) is 16.4. The molecule has 3 atom stereocenters. The number of amides is 1. The normalized spacial score (nSPS) is 24.7. The summed E-state index contributed by atoms with van der Waals surface area (Å²) in [4.78, 5) is 14.5. The van der Waals surface area contributed by atoms with Gasteiger partial charge in [-0.1, -0.05) is 13.8 Å². The molecule has 3 unspecified atom stereocenters. The summed E-state index contributed by atoms with van der Waals surface area (Å²) in [6, 6.07) is 0.610. The lowest BCUT2D eigenvalue weighted by Crippen LogP contribution is -2.41. The van der Waals surface area contributed by atoms with E-state index in [1.54, 1.807) is 0 Å². The zero-order valence-corrected chi connectivity index (χ0v) is 13.0. The molecular weight excluding hydrogens is 238 g/mol. The number of hydrogen-bond donors (Lipinski definition) is 2. The van der Waals surface area contributed by atoms with Crippen molar-refractivity contribution in [1.29, 1.82) is 0 Å². The summed E-state index contributed by atoms with van der Waals surface area (Å²) in [7, 11) is 0. The third-order valence-electron chi connectivity index (χ3n) is 4.26. The lowest BCUT2D eigenvalue weighted by molar-refractivity contribution is -0.125. The molecule has 112 valence electrons. The minimum atomic E-state index is 0.158. The topological polar surface area (TPSA) is 44.4 Å². The first-order chi connectivity index (χ1) is 9.08. The van der Waals surface area contributed by atoms with Crippen molar-refractivity contribution in [2.24, 2.45) is 5.92 Å². The maximum absolute atomic E-state index is 12.1. The summed E-state index contributed by atoms with van der Waals surface area (Å²) in [5.41, 5.74) is 0. The van der Waals surface area contributed by atoms with E-state index in [1.807, 2.05) is 0 Å². The first-order valence-corrected chi connectivity index (χ1v) is 7.84. The zero-order valence-electron chi connectivity index (χ0n) is 13.0. The molecule has 1 heterocycles. The van der Waals surface area contributed by atoms with Crippen LogP contribution in [-0.4, -0.2) is 49.1 Å². The van der Waals surface area contributed by atoms with Crippen LogP contribution < -0.4 is 10.6 Å². The number of hydrogen-bond acceptors (Lipinski definition) is 3. The number of nitrogens with one attached hydrogen (secondary N) is 2. The fraction of sp³-hybridized carbons (Fsp3) is 0.933. The molecule has 4 nitrogen and oxygen atoms in total. The van der Waals surface area contributed by atoms with E-state index in [-0.39, 0.29) is 17.9 Å². The Morgan fingerprint density at radius 1 is 1.42 bits per heavy atom. The van der Waals surface area contributed by atoms with Crippen LogP contribution in [0, 0.1) is 5.92 Å². The van der Waals surface area contributed by atoms with Crippen molar-refractivity contribution >= 4 is 5.91 Å². The van der Waals surface area contributed by atoms with E-state index in [4.69, 9.17) is 0 Å². The van der Waals surface area contributed by atoms with Gasteiger partial charge in [-0.3, -0.25) is 4.79 Å². The Balaban J connectivity index is 2.19. The third kappa shape index (κ3) is 5.49. The van der Waals surface area contributed by atoms with Crippen molar-refractivity contribution in [2.45, 2.75) is 59.0 Å². The van der Waals surface area contributed by atoms with Gasteiger partial charge in [0.15, 0.2) is 0 Å². The zero-order chi connectivity index (χ0) is 14.3. The SMILES string of the molecule is CCN(CC)CCCC(C)NC(=O)C1CCNC1C. The van der Waals surface area contributed by atoms with Crippen LogP contribution >= 0.6 is 0 Å². The van der Waals surface area contributed by atoms with Gasteiger partial charge in [-0.05, 0) is 59.3 Å². The molecular formula is C15H31N3O. The molecule has 0 spiro atoms. The molecule has 19 heavy (non-hydrogen) atoms. The van der Waals surface area contributed by atoms with Crippen LogP contribution in [-0.2, 0) is 4.79 Å². The number of carbonyl (C=O) groups is 1. The van der Waals surface area contributed by atoms with Gasteiger partial charge in [0.1, 0.15) is 0 Å². The summed E-state index contributed by atoms with van der Waals surface area (Å²) in [6.45, 7) is 12.9. The minimum Gasteiger partial charge on any atom is -0.353 e. The van der Waals surface area contributed by atoms with Gasteiger partial charge in [0.2, 0.25) is 5.91 Å². The van der Waals surface area contributed by atoms with Crippen LogP contribution in [0.5, 0.6) is 0 Å². The number of carbonyl (C=O) groups excluding carboxylic acids is 1. The Morgan fingerprint density at radius 3 is 2.63 bits per heavy atom. The lowest BCUT2D eigenvalue weighted by Gasteiger charge is -2.21. The molecule has 0 aliphatic carbocycles. The molecule has 0 aromatic carbocycles. The van der Waals surface area contributed by atoms with Crippen LogP contribution in [0.15, 0.2) is 0 Å². The van der Waals surface area contributed by atoms with E-state index in [0.29, 0.717) is 6.04 Å². The van der Waals surface area contributed by atoms with Gasteiger partial charge in [-0.2, -0.15) is 0 Å². The lowest BCUT2D eigenvalue weighted by atomic mass is 10.0. The van der Waals surface area contributed by atoms with E-state index in [1.165, 1.54) is 0 Å². The molecule has 1 aliphatic heterocycles. The van der Waals surface area contributed by atoms with Crippen LogP contribution in [0.3, 0.4) is 0 Å². The number of rotatable bonds is 8. The molecule has 1 fully saturated rings. The van der Waals surface area contributed by atoms with Gasteiger partial charge >= 0.3 is 0 Å². The largest absolute Gasteiger partial charge is 0.353 e. The highest BCUT2D eigenvalue weighted by molar-refractivity contribution is 5.79. The summed E-state index contributed by atoms with van der Waals surface area (Å²) in [6.07, 6.45) is 3.19. The summed E-state index contributed by atoms with van der Waals surface area (Å²) in [5.74, 6) is 0.387. The van der Waals surface area contributed by atoms with Crippen LogP contribution in [0.2, 0.25) is 0 Å². The Morgan fingerprint density at radius 2 is 2.11 bits per heavy atom. The number of nitrogens with zero attached hydrogens (tertiary/aromatic N) is 1. The van der Waals surface area contributed by atoms with E-state index in [9.17, 15) is 4.79 Å². The monoisotopic (exact) mass is 269 g/mol. The van der Waals surface area contributed by atoms with Gasteiger partial charge < -0.3 is 15.5 Å². The predicted octanol–water partition coefficient (Wildman–Crippen LogP) is 1.61. The standard InChI is InChI=1S/C15H31N3O/c1-5-18(6-2)11-7-8-12(3)17-15(19)14-9-10-16-13(14)4/h12-14,16H,5-11H2,1-4H3,(H,17,19). The van der Waals surface area contributed by atoms with Crippen molar-refractivity contribution in [1.82, 2.24) is 15.5 Å². The fourth-order valence-electron chi connectivity index (χ4n) is 2.80. The van der Waals surface area contributed by atoms with Crippen molar-refractivity contribution in [3.63, 3.8) is 0 Å². The molecule has 4 heteroatoms. The van der Waals surface area contributed by atoms with E-state index >= 15 is 0 Å². The van der Waals surface area contributed by atoms with Crippen LogP contribution in [0.1, 0.15) is 47.0 Å². The smallest absolute Gasteiger partial charge is 0.224 e. The fourth-order valence-corrected chi connectivity index (χ4v) is 2.80. The highest BCUT2D eigenvalue weighted by Gasteiger charge is 2.29. The first-order valence-electron chi connectivity index (χ1n) is 7.84. The summed E-state index contributed by atoms with van der Waals surface area (Å²) < 4.78 is 0. The second kappa shape index (κ2) is 8.54. The maximum Gasteiger partial charge on any atom is 0.224 e. The Bertz CT molecular complexity index is 266. The Labute approximate surface area is 118 Å². The van der Waals surface area contributed by atoms with Crippen molar-refractivity contribution < 1.29 is 4.79 Å². The minimum absolute atomic E-state index is 0.158. The van der Waals surface area contributed by atoms with Gasteiger partial charge in [0.05, 0.1) is 5.92 Å². The van der Waals surface area contributed by atoms with Gasteiger partial charge in [0.25, 0.3) is 0 Å². The molecule has 0 bridgehead atoms. The van der Waals surface area contributed by atoms with Crippen molar-refractivity contribution in [2.75, 3.05) is 26.2 Å². The predicted molar refractivity (Wildman–Crippen MR) is 80.2 cm³/mol. The third-order valence-corrected chi connectivity index (χ3v) is 4.26. The molecule has 0 saturated carbocycles. The Hall–Kier alpha value is -0.610. The molecule has 1 aliphatic rings. The quantitative estimate of drug-likeness (QED) is 0.704.